The molecule has 0 rings (SSSR count). The molecule has 0 aliphatic heterocycles. The van der Waals surface area contributed by atoms with Crippen LogP contribution in [0, 0.1) is 12.8 Å². The lowest BCUT2D eigenvalue weighted by molar-refractivity contribution is 0.741. The van der Waals surface area contributed by atoms with Crippen LogP contribution in [0.3, 0.4) is 0 Å². The van der Waals surface area contributed by atoms with Crippen LogP contribution in [0.25, 0.3) is 0 Å². The third-order valence-corrected chi connectivity index (χ3v) is 0.976. The van der Waals surface area contributed by atoms with Crippen LogP contribution in [0.2, 0.25) is 0 Å². The zero-order valence-corrected chi connectivity index (χ0v) is 5.15. The Bertz CT molecular complexity index is 53.1. The van der Waals surface area contributed by atoms with E-state index in [-0.39, 0.29) is 0 Å². The molecule has 41 valence electrons. The van der Waals surface area contributed by atoms with Crippen LogP contribution in [0.5, 0.6) is 0 Å². The number of rotatable bonds is 2. The van der Waals surface area contributed by atoms with E-state index in [1.54, 1.807) is 0 Å². The topological polar surface area (TPSA) is 0 Å². The van der Waals surface area contributed by atoms with Gasteiger partial charge < -0.3 is 0 Å². The fourth-order valence-corrected chi connectivity index (χ4v) is 0.425. The van der Waals surface area contributed by atoms with E-state index in [4.69, 9.17) is 0 Å². The monoisotopic (exact) mass is 97.1 g/mol. The normalized spacial score (nSPS) is 15.3. The quantitative estimate of drug-likeness (QED) is 0.464. The Morgan fingerprint density at radius 1 is 1.71 bits per heavy atom. The number of allylic oxidation sites excluding steroid dienone is 2. The molecule has 0 fully saturated rings. The first-order valence-electron chi connectivity index (χ1n) is 2.73. The second kappa shape index (κ2) is 3.91. The number of hydrogen-bond acceptors (Lipinski definition) is 0. The van der Waals surface area contributed by atoms with Crippen LogP contribution < -0.4 is 0 Å². The first kappa shape index (κ1) is 6.74. The molecule has 0 bridgehead atoms. The lowest BCUT2D eigenvalue weighted by Gasteiger charge is -1.95. The SMILES string of the molecule is [CH2]CC(C)/C=C/C. The molecule has 1 atom stereocenters. The molecule has 0 saturated carbocycles. The summed E-state index contributed by atoms with van der Waals surface area (Å²) in [6.07, 6.45) is 5.23. The van der Waals surface area contributed by atoms with E-state index in [1.165, 1.54) is 0 Å². The summed E-state index contributed by atoms with van der Waals surface area (Å²) in [6.45, 7) is 7.95. The van der Waals surface area contributed by atoms with E-state index in [2.05, 4.69) is 26.0 Å². The predicted molar refractivity (Wildman–Crippen MR) is 34.0 cm³/mol. The van der Waals surface area contributed by atoms with Crippen molar-refractivity contribution in [3.8, 4) is 0 Å². The Kier molecular flexibility index (Phi) is 3.77. The molecule has 0 saturated heterocycles. The van der Waals surface area contributed by atoms with Gasteiger partial charge in [0, 0.05) is 0 Å². The van der Waals surface area contributed by atoms with E-state index in [0.717, 1.165) is 6.42 Å². The maximum Gasteiger partial charge on any atom is -0.0262 e. The van der Waals surface area contributed by atoms with Crippen LogP contribution in [-0.4, -0.2) is 0 Å². The number of hydrogen-bond donors (Lipinski definition) is 0. The maximum atomic E-state index is 3.75. The van der Waals surface area contributed by atoms with Crippen LogP contribution in [0.4, 0.5) is 0 Å². The van der Waals surface area contributed by atoms with Crippen molar-refractivity contribution in [1.82, 2.24) is 0 Å². The molecule has 1 radical (unpaired) electrons. The molecular formula is C7H13. The average molecular weight is 97.2 g/mol. The molecule has 0 N–H and O–H groups in total. The summed E-state index contributed by atoms with van der Waals surface area (Å²) in [7, 11) is 0. The minimum Gasteiger partial charge on any atom is -0.0914 e. The Morgan fingerprint density at radius 3 is 2.43 bits per heavy atom. The highest BCUT2D eigenvalue weighted by Crippen LogP contribution is 1.99. The van der Waals surface area contributed by atoms with Crippen LogP contribution in [-0.2, 0) is 0 Å². The van der Waals surface area contributed by atoms with Crippen LogP contribution >= 0.6 is 0 Å². The smallest absolute Gasteiger partial charge is 0.0262 e. The van der Waals surface area contributed by atoms with Crippen molar-refractivity contribution in [2.45, 2.75) is 20.3 Å². The summed E-state index contributed by atoms with van der Waals surface area (Å²) in [4.78, 5) is 0. The third-order valence-electron chi connectivity index (χ3n) is 0.976. The summed E-state index contributed by atoms with van der Waals surface area (Å²) in [5.41, 5.74) is 0. The Hall–Kier alpha value is -0.260. The van der Waals surface area contributed by atoms with Gasteiger partial charge in [0.05, 0.1) is 0 Å². The largest absolute Gasteiger partial charge is 0.0914 e. The fraction of sp³-hybridized carbons (Fsp3) is 0.571. The standard InChI is InChI=1S/C7H13/c1-4-6-7(3)5-2/h4,6-7H,2,5H2,1,3H3/b6-4+. The summed E-state index contributed by atoms with van der Waals surface area (Å²) in [5.74, 6) is 0.657. The second-order valence-corrected chi connectivity index (χ2v) is 1.79. The van der Waals surface area contributed by atoms with Gasteiger partial charge in [-0.25, -0.2) is 0 Å². The molecule has 0 spiro atoms. The molecule has 0 heteroatoms. The van der Waals surface area contributed by atoms with Crippen molar-refractivity contribution in [3.63, 3.8) is 0 Å². The molecule has 0 aromatic heterocycles. The summed E-state index contributed by atoms with van der Waals surface area (Å²) in [5, 5.41) is 0. The lowest BCUT2D eigenvalue weighted by Crippen LogP contribution is -1.82. The van der Waals surface area contributed by atoms with Gasteiger partial charge in [-0.1, -0.05) is 26.0 Å². The van der Waals surface area contributed by atoms with Gasteiger partial charge in [0.15, 0.2) is 0 Å². The van der Waals surface area contributed by atoms with Crippen molar-refractivity contribution in [1.29, 1.82) is 0 Å². The molecule has 0 aliphatic rings. The minimum atomic E-state index is 0.657. The molecule has 0 aromatic carbocycles. The highest BCUT2D eigenvalue weighted by Gasteiger charge is 1.86. The summed E-state index contributed by atoms with van der Waals surface area (Å²) in [6, 6.07) is 0. The highest BCUT2D eigenvalue weighted by molar-refractivity contribution is 4.82. The molecule has 0 nitrogen and oxygen atoms in total. The Labute approximate surface area is 46.2 Å². The first-order valence-corrected chi connectivity index (χ1v) is 2.73. The molecule has 0 aliphatic carbocycles. The van der Waals surface area contributed by atoms with Crippen molar-refractivity contribution in [3.05, 3.63) is 19.1 Å². The van der Waals surface area contributed by atoms with E-state index in [9.17, 15) is 0 Å². The van der Waals surface area contributed by atoms with Crippen molar-refractivity contribution in [2.24, 2.45) is 5.92 Å². The summed E-state index contributed by atoms with van der Waals surface area (Å²) >= 11 is 0. The van der Waals surface area contributed by atoms with Gasteiger partial charge in [-0.2, -0.15) is 0 Å². The van der Waals surface area contributed by atoms with Crippen molar-refractivity contribution in [2.75, 3.05) is 0 Å². The van der Waals surface area contributed by atoms with E-state index < -0.39 is 0 Å². The predicted octanol–water partition coefficient (Wildman–Crippen LogP) is 2.42. The fourth-order valence-electron chi connectivity index (χ4n) is 0.425. The van der Waals surface area contributed by atoms with Gasteiger partial charge in [-0.3, -0.25) is 0 Å². The van der Waals surface area contributed by atoms with E-state index in [1.807, 2.05) is 6.92 Å². The lowest BCUT2D eigenvalue weighted by atomic mass is 10.1. The van der Waals surface area contributed by atoms with Gasteiger partial charge in [0.2, 0.25) is 0 Å². The van der Waals surface area contributed by atoms with Gasteiger partial charge in [0.25, 0.3) is 0 Å². The van der Waals surface area contributed by atoms with E-state index in [0.29, 0.717) is 5.92 Å². The van der Waals surface area contributed by atoms with Crippen molar-refractivity contribution < 1.29 is 0 Å². The molecule has 7 heavy (non-hydrogen) atoms. The van der Waals surface area contributed by atoms with Crippen LogP contribution in [0.1, 0.15) is 20.3 Å². The highest BCUT2D eigenvalue weighted by atomic mass is 13.9. The van der Waals surface area contributed by atoms with Crippen LogP contribution in [0.15, 0.2) is 12.2 Å². The molecule has 1 unspecified atom stereocenters. The Morgan fingerprint density at radius 2 is 2.29 bits per heavy atom. The Balaban J connectivity index is 3.16. The zero-order valence-electron chi connectivity index (χ0n) is 5.15. The first-order chi connectivity index (χ1) is 3.31. The maximum absolute atomic E-state index is 3.75. The van der Waals surface area contributed by atoms with Gasteiger partial charge in [0.1, 0.15) is 0 Å². The molecule has 0 aromatic rings. The molecule has 0 amide bonds. The van der Waals surface area contributed by atoms with E-state index >= 15 is 0 Å². The molecular weight excluding hydrogens is 84.1 g/mol. The van der Waals surface area contributed by atoms with Gasteiger partial charge in [-0.05, 0) is 19.3 Å². The summed E-state index contributed by atoms with van der Waals surface area (Å²) < 4.78 is 0. The molecule has 0 heterocycles. The average Bonchev–Trinajstić information content (AvgIpc) is 1.68. The van der Waals surface area contributed by atoms with Gasteiger partial charge >= 0.3 is 0 Å². The van der Waals surface area contributed by atoms with Gasteiger partial charge in [-0.15, -0.1) is 0 Å². The second-order valence-electron chi connectivity index (χ2n) is 1.79. The zero-order chi connectivity index (χ0) is 5.70. The third kappa shape index (κ3) is 3.57. The van der Waals surface area contributed by atoms with Crippen molar-refractivity contribution >= 4 is 0 Å². The minimum absolute atomic E-state index is 0.657.